The molecule has 0 fully saturated rings. The monoisotopic (exact) mass is 385 g/mol. The average Bonchev–Trinajstić information content (AvgIpc) is 2.51. The highest BCUT2D eigenvalue weighted by Gasteiger charge is 2.26. The van der Waals surface area contributed by atoms with Gasteiger partial charge in [0.25, 0.3) is 0 Å². The van der Waals surface area contributed by atoms with E-state index in [1.165, 1.54) is 10.6 Å². The quantitative estimate of drug-likeness (QED) is 0.756. The Morgan fingerprint density at radius 2 is 1.96 bits per heavy atom. The molecule has 0 unspecified atom stereocenters. The van der Waals surface area contributed by atoms with Crippen LogP contribution in [-0.2, 0) is 0 Å². The second-order valence-corrected chi connectivity index (χ2v) is 7.82. The molecule has 0 aliphatic carbocycles. The third-order valence-corrected chi connectivity index (χ3v) is 5.36. The van der Waals surface area contributed by atoms with Crippen molar-refractivity contribution in [3.63, 3.8) is 0 Å². The van der Waals surface area contributed by atoms with Crippen LogP contribution in [0.25, 0.3) is 0 Å². The highest BCUT2D eigenvalue weighted by atomic mass is 35.5. The van der Waals surface area contributed by atoms with E-state index < -0.39 is 0 Å². The molecule has 1 aromatic carbocycles. The maximum Gasteiger partial charge on any atom is 0.147 e. The van der Waals surface area contributed by atoms with Gasteiger partial charge in [0.05, 0.1) is 49.4 Å². The number of halogens is 2. The number of hydrogen-bond donors (Lipinski definition) is 1. The maximum atomic E-state index is 9.23. The molecule has 0 saturated carbocycles. The summed E-state index contributed by atoms with van der Waals surface area (Å²) in [5, 5.41) is 9.88. The number of fused-ring (bicyclic) bond motifs is 2. The number of quaternary nitrogens is 1. The third kappa shape index (κ3) is 4.16. The van der Waals surface area contributed by atoms with Crippen molar-refractivity contribution in [1.29, 1.82) is 0 Å². The molecule has 24 heavy (non-hydrogen) atoms. The van der Waals surface area contributed by atoms with Gasteiger partial charge in [-0.25, -0.2) is 4.98 Å². The Morgan fingerprint density at radius 3 is 2.71 bits per heavy atom. The van der Waals surface area contributed by atoms with Crippen LogP contribution in [0.15, 0.2) is 46.3 Å². The Morgan fingerprint density at radius 1 is 1.21 bits per heavy atom. The van der Waals surface area contributed by atoms with Gasteiger partial charge >= 0.3 is 0 Å². The van der Waals surface area contributed by atoms with Crippen LogP contribution in [0.2, 0.25) is 5.02 Å². The Hall–Kier alpha value is -0.980. The summed E-state index contributed by atoms with van der Waals surface area (Å²) in [7, 11) is 4.27. The summed E-state index contributed by atoms with van der Waals surface area (Å²) in [6.07, 6.45) is 1.70. The van der Waals surface area contributed by atoms with Crippen LogP contribution in [0.1, 0.15) is 0 Å². The van der Waals surface area contributed by atoms with Gasteiger partial charge in [-0.15, -0.1) is 0 Å². The van der Waals surface area contributed by atoms with Crippen molar-refractivity contribution >= 4 is 34.9 Å². The number of pyridine rings is 1. The van der Waals surface area contributed by atoms with Gasteiger partial charge < -0.3 is 26.9 Å². The number of aromatic nitrogens is 1. The number of para-hydroxylation sites is 1. The highest BCUT2D eigenvalue weighted by molar-refractivity contribution is 7.99. The number of aliphatic hydroxyl groups is 1. The molecule has 130 valence electrons. The van der Waals surface area contributed by atoms with Crippen LogP contribution in [0.5, 0.6) is 0 Å². The second kappa shape index (κ2) is 7.93. The first-order valence-electron chi connectivity index (χ1n) is 7.63. The molecule has 2 aromatic rings. The molecule has 4 nitrogen and oxygen atoms in total. The van der Waals surface area contributed by atoms with Crippen LogP contribution in [0.4, 0.5) is 11.5 Å². The Kier molecular flexibility index (Phi) is 6.39. The van der Waals surface area contributed by atoms with Crippen molar-refractivity contribution in [2.24, 2.45) is 0 Å². The van der Waals surface area contributed by atoms with Crippen LogP contribution in [0, 0.1) is 0 Å². The average molecular weight is 386 g/mol. The van der Waals surface area contributed by atoms with E-state index in [2.05, 4.69) is 48.2 Å². The minimum Gasteiger partial charge on any atom is -1.00 e. The van der Waals surface area contributed by atoms with Crippen molar-refractivity contribution in [3.8, 4) is 0 Å². The van der Waals surface area contributed by atoms with Gasteiger partial charge in [-0.1, -0.05) is 35.5 Å². The second-order valence-electron chi connectivity index (χ2n) is 6.30. The van der Waals surface area contributed by atoms with Gasteiger partial charge in [0.1, 0.15) is 12.4 Å². The van der Waals surface area contributed by atoms with E-state index in [9.17, 15) is 5.11 Å². The van der Waals surface area contributed by atoms with Crippen molar-refractivity contribution in [2.45, 2.75) is 9.79 Å². The summed E-state index contributed by atoms with van der Waals surface area (Å²) >= 11 is 7.83. The summed E-state index contributed by atoms with van der Waals surface area (Å²) in [4.78, 5) is 9.13. The number of anilines is 2. The first kappa shape index (κ1) is 19.3. The summed E-state index contributed by atoms with van der Waals surface area (Å²) in [5.41, 5.74) is 1.18. The van der Waals surface area contributed by atoms with Crippen LogP contribution < -0.4 is 17.3 Å². The molecule has 0 amide bonds. The standard InChI is InChI=1S/C17H21ClN3OS.ClH/c1-21(2,9-10-22)8-7-20-14-5-3-4-6-15(14)23-16-11-13(18)12-19-17(16)20;/h3-6,11-12,22H,7-10H2,1-2H3;1H/q+1;/p-1. The summed E-state index contributed by atoms with van der Waals surface area (Å²) in [6.45, 7) is 2.70. The lowest BCUT2D eigenvalue weighted by molar-refractivity contribution is -0.889. The number of rotatable bonds is 5. The first-order chi connectivity index (χ1) is 11.0. The molecule has 1 aromatic heterocycles. The van der Waals surface area contributed by atoms with Crippen LogP contribution in [-0.4, -0.2) is 54.9 Å². The fourth-order valence-electron chi connectivity index (χ4n) is 2.67. The lowest BCUT2D eigenvalue weighted by Crippen LogP contribution is -3.00. The Bertz CT molecular complexity index is 712. The number of benzene rings is 1. The first-order valence-corrected chi connectivity index (χ1v) is 8.82. The van der Waals surface area contributed by atoms with Crippen molar-refractivity contribution in [1.82, 2.24) is 4.98 Å². The highest BCUT2D eigenvalue weighted by Crippen LogP contribution is 2.47. The number of aliphatic hydroxyl groups excluding tert-OH is 1. The van der Waals surface area contributed by atoms with E-state index in [-0.39, 0.29) is 19.0 Å². The van der Waals surface area contributed by atoms with E-state index in [1.54, 1.807) is 18.0 Å². The summed E-state index contributed by atoms with van der Waals surface area (Å²) < 4.78 is 0.769. The van der Waals surface area contributed by atoms with Crippen molar-refractivity contribution in [2.75, 3.05) is 45.2 Å². The summed E-state index contributed by atoms with van der Waals surface area (Å²) in [6, 6.07) is 10.4. The molecule has 2 heterocycles. The van der Waals surface area contributed by atoms with E-state index in [1.807, 2.05) is 6.07 Å². The van der Waals surface area contributed by atoms with Crippen LogP contribution in [0.3, 0.4) is 0 Å². The lowest BCUT2D eigenvalue weighted by Gasteiger charge is -2.35. The van der Waals surface area contributed by atoms with Gasteiger partial charge in [-0.3, -0.25) is 0 Å². The van der Waals surface area contributed by atoms with Crippen molar-refractivity contribution < 1.29 is 22.0 Å². The fraction of sp³-hybridized carbons (Fsp3) is 0.353. The molecule has 1 aliphatic rings. The number of likely N-dealkylation sites (N-methyl/N-ethyl adjacent to an activating group) is 1. The molecule has 0 radical (unpaired) electrons. The molecule has 0 spiro atoms. The molecular formula is C17H21Cl2N3OS. The molecule has 7 heteroatoms. The largest absolute Gasteiger partial charge is 1.00 e. The van der Waals surface area contributed by atoms with E-state index in [4.69, 9.17) is 11.6 Å². The predicted molar refractivity (Wildman–Crippen MR) is 95.7 cm³/mol. The Balaban J connectivity index is 0.00000208. The maximum absolute atomic E-state index is 9.23. The molecule has 1 aliphatic heterocycles. The Labute approximate surface area is 158 Å². The van der Waals surface area contributed by atoms with E-state index in [0.29, 0.717) is 5.02 Å². The SMILES string of the molecule is C[N+](C)(CCO)CCN1c2ccccc2Sc2cc(Cl)cnc21.[Cl-]. The lowest BCUT2D eigenvalue weighted by atomic mass is 10.2. The molecule has 1 N–H and O–H groups in total. The van der Waals surface area contributed by atoms with Gasteiger partial charge in [0.15, 0.2) is 0 Å². The molecule has 0 bridgehead atoms. The number of nitrogens with zero attached hydrogens (tertiary/aromatic N) is 3. The minimum atomic E-state index is 0. The van der Waals surface area contributed by atoms with Gasteiger partial charge in [0, 0.05) is 11.1 Å². The van der Waals surface area contributed by atoms with E-state index in [0.717, 1.165) is 34.8 Å². The topological polar surface area (TPSA) is 36.4 Å². The van der Waals surface area contributed by atoms with Crippen molar-refractivity contribution in [3.05, 3.63) is 41.6 Å². The van der Waals surface area contributed by atoms with Crippen LogP contribution >= 0.6 is 23.4 Å². The molecule has 0 atom stereocenters. The molecule has 3 rings (SSSR count). The molecule has 0 saturated heterocycles. The van der Waals surface area contributed by atoms with Gasteiger partial charge in [-0.2, -0.15) is 0 Å². The third-order valence-electron chi connectivity index (χ3n) is 4.07. The zero-order valence-electron chi connectivity index (χ0n) is 13.7. The smallest absolute Gasteiger partial charge is 0.147 e. The zero-order valence-corrected chi connectivity index (χ0v) is 16.1. The normalized spacial score (nSPS) is 13.1. The number of hydrogen-bond acceptors (Lipinski definition) is 4. The molecular weight excluding hydrogens is 365 g/mol. The predicted octanol–water partition coefficient (Wildman–Crippen LogP) is 0.410. The van der Waals surface area contributed by atoms with Gasteiger partial charge in [0.2, 0.25) is 0 Å². The minimum absolute atomic E-state index is 0. The zero-order chi connectivity index (χ0) is 16.4. The van der Waals surface area contributed by atoms with E-state index >= 15 is 0 Å². The fourth-order valence-corrected chi connectivity index (χ4v) is 4.00. The van der Waals surface area contributed by atoms with Gasteiger partial charge in [-0.05, 0) is 18.2 Å². The summed E-state index contributed by atoms with van der Waals surface area (Å²) in [5.74, 6) is 0.960.